The number of aliphatic hydroxyl groups is 1. The first kappa shape index (κ1) is 22.1. The van der Waals surface area contributed by atoms with E-state index in [4.69, 9.17) is 9.84 Å². The first-order chi connectivity index (χ1) is 15.4. The number of rotatable bonds is 6. The first-order valence-electron chi connectivity index (χ1n) is 10.4. The van der Waals surface area contributed by atoms with Gasteiger partial charge in [-0.25, -0.2) is 18.7 Å². The van der Waals surface area contributed by atoms with Crippen LogP contribution in [-0.4, -0.2) is 69.9 Å². The van der Waals surface area contributed by atoms with Gasteiger partial charge in [0.05, 0.1) is 18.2 Å². The fraction of sp³-hybridized carbons (Fsp3) is 0.455. The highest BCUT2D eigenvalue weighted by Gasteiger charge is 2.43. The van der Waals surface area contributed by atoms with Gasteiger partial charge in [0, 0.05) is 24.6 Å². The van der Waals surface area contributed by atoms with Crippen molar-refractivity contribution in [3.05, 3.63) is 36.2 Å². The number of benzene rings is 1. The zero-order valence-corrected chi connectivity index (χ0v) is 17.5. The third kappa shape index (κ3) is 4.85. The maximum atomic E-state index is 14.5. The lowest BCUT2D eigenvalue weighted by molar-refractivity contribution is -0.138. The number of likely N-dealkylation sites (tertiary alicyclic amines) is 1. The Morgan fingerprint density at radius 2 is 2.03 bits per heavy atom. The lowest BCUT2D eigenvalue weighted by atomic mass is 10.0. The third-order valence-corrected chi connectivity index (χ3v) is 5.69. The molecule has 2 N–H and O–H groups in total. The Bertz CT molecular complexity index is 1020. The molecular weight excluding hydrogens is 422 g/mol. The minimum atomic E-state index is -1.36. The standard InChI is InChI=1S/C22H24F2N4O4/c1-12-6-13(17-8-20(26-11-25-17)27-22(31)14-7-15(14)23)2-3-18(12)32-19-4-5-28(9-16(19)24)21(30)10-29/h2-3,6,8,11,14-16,19,29H,4-5,7,9-10H2,1H3,(H,25,26,27,31)/t14-,15+,16+,19-/m0/s1. The molecule has 4 rings (SSSR count). The number of carbonyl (C=O) groups is 2. The molecule has 0 spiro atoms. The second kappa shape index (κ2) is 9.15. The van der Waals surface area contributed by atoms with Gasteiger partial charge in [-0.2, -0.15) is 0 Å². The fourth-order valence-corrected chi connectivity index (χ4v) is 3.68. The summed E-state index contributed by atoms with van der Waals surface area (Å²) >= 11 is 0. The number of piperidine rings is 1. The number of halogens is 2. The van der Waals surface area contributed by atoms with Crippen LogP contribution in [0.25, 0.3) is 11.3 Å². The summed E-state index contributed by atoms with van der Waals surface area (Å²) in [5.41, 5.74) is 2.09. The number of nitrogens with zero attached hydrogens (tertiary/aromatic N) is 3. The number of carbonyl (C=O) groups excluding carboxylic acids is 2. The maximum absolute atomic E-state index is 14.5. The van der Waals surface area contributed by atoms with Gasteiger partial charge >= 0.3 is 0 Å². The summed E-state index contributed by atoms with van der Waals surface area (Å²) in [5, 5.41) is 11.5. The van der Waals surface area contributed by atoms with E-state index in [1.807, 2.05) is 13.0 Å². The highest BCUT2D eigenvalue weighted by molar-refractivity contribution is 5.94. The number of ether oxygens (including phenoxy) is 1. The van der Waals surface area contributed by atoms with Crippen LogP contribution in [0.15, 0.2) is 30.6 Å². The predicted molar refractivity (Wildman–Crippen MR) is 111 cm³/mol. The predicted octanol–water partition coefficient (Wildman–Crippen LogP) is 2.06. The van der Waals surface area contributed by atoms with E-state index in [0.29, 0.717) is 30.2 Å². The molecule has 0 bridgehead atoms. The quantitative estimate of drug-likeness (QED) is 0.704. The second-order valence-corrected chi connectivity index (χ2v) is 8.08. The molecule has 8 nitrogen and oxygen atoms in total. The molecule has 4 atom stereocenters. The molecule has 1 saturated heterocycles. The molecule has 2 fully saturated rings. The summed E-state index contributed by atoms with van der Waals surface area (Å²) < 4.78 is 33.4. The summed E-state index contributed by atoms with van der Waals surface area (Å²) in [6, 6.07) is 6.93. The lowest BCUT2D eigenvalue weighted by Crippen LogP contribution is -2.50. The van der Waals surface area contributed by atoms with Crippen LogP contribution < -0.4 is 10.1 Å². The minimum absolute atomic E-state index is 0.110. The van der Waals surface area contributed by atoms with E-state index >= 15 is 0 Å². The molecule has 32 heavy (non-hydrogen) atoms. The van der Waals surface area contributed by atoms with Crippen LogP contribution in [0.4, 0.5) is 14.6 Å². The van der Waals surface area contributed by atoms with Crippen molar-refractivity contribution in [2.45, 2.75) is 38.2 Å². The number of alkyl halides is 2. The first-order valence-corrected chi connectivity index (χ1v) is 10.4. The molecule has 2 aliphatic rings. The van der Waals surface area contributed by atoms with Crippen LogP contribution in [-0.2, 0) is 9.59 Å². The van der Waals surface area contributed by atoms with Crippen molar-refractivity contribution >= 4 is 17.6 Å². The zero-order valence-electron chi connectivity index (χ0n) is 17.5. The number of aliphatic hydroxyl groups excluding tert-OH is 1. The zero-order chi connectivity index (χ0) is 22.8. The lowest BCUT2D eigenvalue weighted by Gasteiger charge is -2.34. The monoisotopic (exact) mass is 446 g/mol. The molecule has 1 aliphatic heterocycles. The number of anilines is 1. The second-order valence-electron chi connectivity index (χ2n) is 8.08. The van der Waals surface area contributed by atoms with Gasteiger partial charge in [0.2, 0.25) is 11.8 Å². The Hall–Kier alpha value is -3.14. The third-order valence-electron chi connectivity index (χ3n) is 5.69. The van der Waals surface area contributed by atoms with E-state index in [2.05, 4.69) is 15.3 Å². The minimum Gasteiger partial charge on any atom is -0.487 e. The van der Waals surface area contributed by atoms with E-state index in [1.54, 1.807) is 18.2 Å². The molecule has 10 heteroatoms. The van der Waals surface area contributed by atoms with E-state index in [0.717, 1.165) is 11.1 Å². The largest absolute Gasteiger partial charge is 0.487 e. The van der Waals surface area contributed by atoms with E-state index < -0.39 is 42.8 Å². The Morgan fingerprint density at radius 3 is 2.69 bits per heavy atom. The maximum Gasteiger partial charge on any atom is 0.248 e. The van der Waals surface area contributed by atoms with Crippen molar-refractivity contribution in [3.63, 3.8) is 0 Å². The number of aryl methyl sites for hydroxylation is 1. The van der Waals surface area contributed by atoms with Crippen LogP contribution >= 0.6 is 0 Å². The molecule has 170 valence electrons. The van der Waals surface area contributed by atoms with Crippen LogP contribution in [0.5, 0.6) is 5.75 Å². The fourth-order valence-electron chi connectivity index (χ4n) is 3.68. The average molecular weight is 446 g/mol. The Labute approximate surface area is 183 Å². The van der Waals surface area contributed by atoms with Gasteiger partial charge in [-0.3, -0.25) is 9.59 Å². The van der Waals surface area contributed by atoms with Gasteiger partial charge in [-0.1, -0.05) is 0 Å². The molecule has 2 aromatic rings. The number of aromatic nitrogens is 2. The topological polar surface area (TPSA) is 105 Å². The summed E-state index contributed by atoms with van der Waals surface area (Å²) in [6.07, 6.45) is -1.26. The van der Waals surface area contributed by atoms with Crippen molar-refractivity contribution < 1.29 is 28.2 Å². The van der Waals surface area contributed by atoms with Gasteiger partial charge in [-0.15, -0.1) is 0 Å². The van der Waals surface area contributed by atoms with Crippen molar-refractivity contribution in [1.29, 1.82) is 0 Å². The molecule has 0 unspecified atom stereocenters. The SMILES string of the molecule is Cc1cc(-c2cc(NC(=O)[C@H]3C[C@H]3F)ncn2)ccc1O[C@H]1CCN(C(=O)CO)C[C@H]1F. The van der Waals surface area contributed by atoms with Gasteiger partial charge in [0.1, 0.15) is 36.8 Å². The number of hydrogen-bond acceptors (Lipinski definition) is 6. The summed E-state index contributed by atoms with van der Waals surface area (Å²) in [5.74, 6) is -0.682. The summed E-state index contributed by atoms with van der Waals surface area (Å²) in [6.45, 7) is 1.40. The van der Waals surface area contributed by atoms with Gasteiger partial charge in [-0.05, 0) is 37.1 Å². The van der Waals surface area contributed by atoms with E-state index in [9.17, 15) is 18.4 Å². The summed E-state index contributed by atoms with van der Waals surface area (Å²) in [7, 11) is 0. The molecular formula is C22H24F2N4O4. The van der Waals surface area contributed by atoms with Crippen LogP contribution in [0.3, 0.4) is 0 Å². The van der Waals surface area contributed by atoms with Gasteiger partial charge in [0.25, 0.3) is 0 Å². The number of nitrogens with one attached hydrogen (secondary N) is 1. The van der Waals surface area contributed by atoms with E-state index in [-0.39, 0.29) is 13.0 Å². The summed E-state index contributed by atoms with van der Waals surface area (Å²) in [4.78, 5) is 33.0. The Kier molecular flexibility index (Phi) is 6.31. The van der Waals surface area contributed by atoms with Crippen LogP contribution in [0, 0.1) is 12.8 Å². The molecule has 2 heterocycles. The van der Waals surface area contributed by atoms with E-state index in [1.165, 1.54) is 11.2 Å². The highest BCUT2D eigenvalue weighted by Crippen LogP contribution is 2.35. The Morgan fingerprint density at radius 1 is 1.25 bits per heavy atom. The van der Waals surface area contributed by atoms with Crippen molar-refractivity contribution in [1.82, 2.24) is 14.9 Å². The molecule has 2 amide bonds. The molecule has 1 aromatic carbocycles. The van der Waals surface area contributed by atoms with Crippen molar-refractivity contribution in [2.24, 2.45) is 5.92 Å². The van der Waals surface area contributed by atoms with Gasteiger partial charge < -0.3 is 20.1 Å². The van der Waals surface area contributed by atoms with Crippen molar-refractivity contribution in [3.8, 4) is 17.0 Å². The Balaban J connectivity index is 1.42. The number of amides is 2. The van der Waals surface area contributed by atoms with Gasteiger partial charge in [0.15, 0.2) is 6.17 Å². The molecule has 1 aliphatic carbocycles. The highest BCUT2D eigenvalue weighted by atomic mass is 19.1. The molecule has 0 radical (unpaired) electrons. The molecule has 1 saturated carbocycles. The normalized spacial score (nSPS) is 24.7. The van der Waals surface area contributed by atoms with Crippen LogP contribution in [0.1, 0.15) is 18.4 Å². The van der Waals surface area contributed by atoms with Crippen molar-refractivity contribution in [2.75, 3.05) is 25.0 Å². The smallest absolute Gasteiger partial charge is 0.248 e. The molecule has 1 aromatic heterocycles. The average Bonchev–Trinajstić information content (AvgIpc) is 3.52. The number of hydrogen-bond donors (Lipinski definition) is 2. The van der Waals surface area contributed by atoms with Crippen LogP contribution in [0.2, 0.25) is 0 Å².